The van der Waals surface area contributed by atoms with E-state index < -0.39 is 0 Å². The minimum atomic E-state index is 0.298. The third-order valence-electron chi connectivity index (χ3n) is 2.68. The summed E-state index contributed by atoms with van der Waals surface area (Å²) in [7, 11) is 1.92. The fourth-order valence-corrected chi connectivity index (χ4v) is 1.75. The van der Waals surface area contributed by atoms with E-state index in [9.17, 15) is 0 Å². The van der Waals surface area contributed by atoms with Gasteiger partial charge in [-0.25, -0.2) is 0 Å². The Morgan fingerprint density at radius 3 is 2.76 bits per heavy atom. The predicted octanol–water partition coefficient (Wildman–Crippen LogP) is 2.31. The quantitative estimate of drug-likeness (QED) is 0.771. The van der Waals surface area contributed by atoms with Crippen molar-refractivity contribution < 1.29 is 14.2 Å². The highest BCUT2D eigenvalue weighted by Crippen LogP contribution is 2.38. The molecule has 0 fully saturated rings. The third kappa shape index (κ3) is 2.82. The van der Waals surface area contributed by atoms with E-state index in [1.54, 1.807) is 0 Å². The average Bonchev–Trinajstić information content (AvgIpc) is 2.77. The van der Waals surface area contributed by atoms with Gasteiger partial charge in [0.1, 0.15) is 5.75 Å². The molecule has 1 heterocycles. The first-order valence-corrected chi connectivity index (χ1v) is 6.05. The van der Waals surface area contributed by atoms with E-state index in [1.807, 2.05) is 19.2 Å². The molecule has 0 spiro atoms. The van der Waals surface area contributed by atoms with Gasteiger partial charge in [-0.1, -0.05) is 13.3 Å². The first-order chi connectivity index (χ1) is 8.35. The molecule has 0 aromatic heterocycles. The standard InChI is InChI=1S/C13H19NO3/c1-3-4-5-15-11-7-13-12(16-9-17-13)6-10(11)8-14-2/h6-7,14H,3-5,8-9H2,1-2H3. The molecule has 4 heteroatoms. The summed E-state index contributed by atoms with van der Waals surface area (Å²) in [6.07, 6.45) is 2.19. The molecule has 0 radical (unpaired) electrons. The fourth-order valence-electron chi connectivity index (χ4n) is 1.75. The molecule has 17 heavy (non-hydrogen) atoms. The van der Waals surface area contributed by atoms with Gasteiger partial charge in [-0.15, -0.1) is 0 Å². The zero-order valence-corrected chi connectivity index (χ0v) is 10.4. The molecule has 4 nitrogen and oxygen atoms in total. The Bertz CT molecular complexity index is 379. The van der Waals surface area contributed by atoms with E-state index in [2.05, 4.69) is 12.2 Å². The Morgan fingerprint density at radius 2 is 2.06 bits per heavy atom. The van der Waals surface area contributed by atoms with E-state index >= 15 is 0 Å². The second-order valence-corrected chi connectivity index (χ2v) is 4.05. The molecule has 0 unspecified atom stereocenters. The highest BCUT2D eigenvalue weighted by Gasteiger charge is 2.17. The summed E-state index contributed by atoms with van der Waals surface area (Å²) in [4.78, 5) is 0. The van der Waals surface area contributed by atoms with E-state index in [1.165, 1.54) is 0 Å². The van der Waals surface area contributed by atoms with Crippen molar-refractivity contribution in [3.63, 3.8) is 0 Å². The number of ether oxygens (including phenoxy) is 3. The lowest BCUT2D eigenvalue weighted by atomic mass is 10.1. The topological polar surface area (TPSA) is 39.7 Å². The second-order valence-electron chi connectivity index (χ2n) is 4.05. The lowest BCUT2D eigenvalue weighted by Crippen LogP contribution is -2.08. The highest BCUT2D eigenvalue weighted by atomic mass is 16.7. The molecule has 1 aliphatic heterocycles. The average molecular weight is 237 g/mol. The Hall–Kier alpha value is -1.42. The predicted molar refractivity (Wildman–Crippen MR) is 65.7 cm³/mol. The Kier molecular flexibility index (Phi) is 4.09. The Morgan fingerprint density at radius 1 is 1.29 bits per heavy atom. The number of hydrogen-bond acceptors (Lipinski definition) is 4. The first kappa shape index (κ1) is 12.0. The van der Waals surface area contributed by atoms with Crippen LogP contribution in [0.1, 0.15) is 25.3 Å². The van der Waals surface area contributed by atoms with Crippen molar-refractivity contribution in [3.05, 3.63) is 17.7 Å². The minimum absolute atomic E-state index is 0.298. The fraction of sp³-hybridized carbons (Fsp3) is 0.538. The molecule has 94 valence electrons. The smallest absolute Gasteiger partial charge is 0.231 e. The summed E-state index contributed by atoms with van der Waals surface area (Å²) in [5, 5.41) is 3.13. The van der Waals surface area contributed by atoms with Crippen LogP contribution < -0.4 is 19.5 Å². The number of unbranched alkanes of at least 4 members (excludes halogenated alkanes) is 1. The minimum Gasteiger partial charge on any atom is -0.493 e. The van der Waals surface area contributed by atoms with Crippen molar-refractivity contribution >= 4 is 0 Å². The summed E-state index contributed by atoms with van der Waals surface area (Å²) >= 11 is 0. The highest BCUT2D eigenvalue weighted by molar-refractivity contribution is 5.51. The van der Waals surface area contributed by atoms with Gasteiger partial charge in [0.2, 0.25) is 6.79 Å². The molecule has 1 aromatic rings. The largest absolute Gasteiger partial charge is 0.493 e. The monoisotopic (exact) mass is 237 g/mol. The maximum atomic E-state index is 5.78. The van der Waals surface area contributed by atoms with Crippen LogP contribution in [0.5, 0.6) is 17.2 Å². The second kappa shape index (κ2) is 5.77. The summed E-state index contributed by atoms with van der Waals surface area (Å²) in [5.41, 5.74) is 1.10. The maximum Gasteiger partial charge on any atom is 0.231 e. The molecule has 0 aliphatic carbocycles. The molecule has 0 amide bonds. The Labute approximate surface area is 102 Å². The molecule has 1 aliphatic rings. The molecule has 1 N–H and O–H groups in total. The van der Waals surface area contributed by atoms with E-state index in [-0.39, 0.29) is 0 Å². The molecular formula is C13H19NO3. The van der Waals surface area contributed by atoms with Crippen molar-refractivity contribution in [2.75, 3.05) is 20.4 Å². The van der Waals surface area contributed by atoms with Gasteiger partial charge in [0.25, 0.3) is 0 Å². The zero-order chi connectivity index (χ0) is 12.1. The van der Waals surface area contributed by atoms with Crippen molar-refractivity contribution in [1.82, 2.24) is 5.32 Å². The van der Waals surface area contributed by atoms with Gasteiger partial charge in [-0.3, -0.25) is 0 Å². The van der Waals surface area contributed by atoms with Crippen LogP contribution in [-0.4, -0.2) is 20.4 Å². The molecule has 0 atom stereocenters. The van der Waals surface area contributed by atoms with E-state index in [0.29, 0.717) is 6.79 Å². The van der Waals surface area contributed by atoms with Gasteiger partial charge >= 0.3 is 0 Å². The maximum absolute atomic E-state index is 5.78. The van der Waals surface area contributed by atoms with Gasteiger partial charge in [0, 0.05) is 18.2 Å². The SMILES string of the molecule is CCCCOc1cc2c(cc1CNC)OCO2. The lowest BCUT2D eigenvalue weighted by molar-refractivity contribution is 0.173. The number of fused-ring (bicyclic) bond motifs is 1. The molecule has 0 bridgehead atoms. The Balaban J connectivity index is 2.15. The molecule has 0 saturated carbocycles. The van der Waals surface area contributed by atoms with E-state index in [0.717, 1.165) is 48.8 Å². The number of benzene rings is 1. The molecular weight excluding hydrogens is 218 g/mol. The van der Waals surface area contributed by atoms with Gasteiger partial charge in [-0.2, -0.15) is 0 Å². The van der Waals surface area contributed by atoms with Crippen LogP contribution in [0.4, 0.5) is 0 Å². The van der Waals surface area contributed by atoms with Gasteiger partial charge in [-0.05, 0) is 19.5 Å². The van der Waals surface area contributed by atoms with Gasteiger partial charge < -0.3 is 19.5 Å². The van der Waals surface area contributed by atoms with Crippen LogP contribution >= 0.6 is 0 Å². The molecule has 1 aromatic carbocycles. The number of nitrogens with one attached hydrogen (secondary N) is 1. The van der Waals surface area contributed by atoms with Crippen LogP contribution in [0.2, 0.25) is 0 Å². The summed E-state index contributed by atoms with van der Waals surface area (Å²) in [6, 6.07) is 3.91. The number of hydrogen-bond donors (Lipinski definition) is 1. The summed E-state index contributed by atoms with van der Waals surface area (Å²) in [6.45, 7) is 3.95. The van der Waals surface area contributed by atoms with Crippen molar-refractivity contribution in [2.24, 2.45) is 0 Å². The molecule has 2 rings (SSSR count). The molecule has 0 saturated heterocycles. The van der Waals surface area contributed by atoms with Crippen LogP contribution in [0.15, 0.2) is 12.1 Å². The van der Waals surface area contributed by atoms with Gasteiger partial charge in [0.05, 0.1) is 6.61 Å². The summed E-state index contributed by atoms with van der Waals surface area (Å²) in [5.74, 6) is 2.46. The lowest BCUT2D eigenvalue weighted by Gasteiger charge is -2.12. The van der Waals surface area contributed by atoms with Gasteiger partial charge in [0.15, 0.2) is 11.5 Å². The first-order valence-electron chi connectivity index (χ1n) is 6.05. The normalized spacial score (nSPS) is 12.8. The van der Waals surface area contributed by atoms with Crippen LogP contribution in [-0.2, 0) is 6.54 Å². The van der Waals surface area contributed by atoms with Crippen molar-refractivity contribution in [1.29, 1.82) is 0 Å². The van der Waals surface area contributed by atoms with Crippen LogP contribution in [0.25, 0.3) is 0 Å². The third-order valence-corrected chi connectivity index (χ3v) is 2.68. The van der Waals surface area contributed by atoms with Crippen LogP contribution in [0.3, 0.4) is 0 Å². The van der Waals surface area contributed by atoms with Crippen LogP contribution in [0, 0.1) is 0 Å². The van der Waals surface area contributed by atoms with Crippen molar-refractivity contribution in [3.8, 4) is 17.2 Å². The van der Waals surface area contributed by atoms with Crippen molar-refractivity contribution in [2.45, 2.75) is 26.3 Å². The van der Waals surface area contributed by atoms with E-state index in [4.69, 9.17) is 14.2 Å². The zero-order valence-electron chi connectivity index (χ0n) is 10.4. The number of rotatable bonds is 6. The summed E-state index contributed by atoms with van der Waals surface area (Å²) < 4.78 is 16.5.